The summed E-state index contributed by atoms with van der Waals surface area (Å²) in [5.74, 6) is 2.72. The second kappa shape index (κ2) is 8.68. The second-order valence-electron chi connectivity index (χ2n) is 7.72. The summed E-state index contributed by atoms with van der Waals surface area (Å²) in [5, 5.41) is 0. The molecule has 1 aromatic heterocycles. The molecule has 0 aliphatic carbocycles. The normalized spacial score (nSPS) is 17.0. The second-order valence-corrected chi connectivity index (χ2v) is 7.72. The van der Waals surface area contributed by atoms with Crippen LogP contribution in [0, 0.1) is 6.92 Å². The van der Waals surface area contributed by atoms with Gasteiger partial charge in [-0.3, -0.25) is 4.79 Å². The molecule has 0 atom stereocenters. The van der Waals surface area contributed by atoms with Gasteiger partial charge in [0.1, 0.15) is 11.6 Å². The van der Waals surface area contributed by atoms with E-state index in [0.29, 0.717) is 19.5 Å². The van der Waals surface area contributed by atoms with E-state index in [1.165, 1.54) is 12.8 Å². The molecule has 2 aliphatic rings. The molecule has 0 bridgehead atoms. The molecule has 154 valence electrons. The zero-order chi connectivity index (χ0) is 20.2. The molecular formula is C22H29N5O2. The predicted octanol–water partition coefficient (Wildman–Crippen LogP) is 2.29. The molecule has 1 amide bonds. The van der Waals surface area contributed by atoms with Crippen LogP contribution in [-0.2, 0) is 11.2 Å². The van der Waals surface area contributed by atoms with Gasteiger partial charge < -0.3 is 19.4 Å². The summed E-state index contributed by atoms with van der Waals surface area (Å²) < 4.78 is 5.38. The molecule has 2 aliphatic heterocycles. The van der Waals surface area contributed by atoms with Crippen molar-refractivity contribution in [1.82, 2.24) is 14.9 Å². The number of amides is 1. The third kappa shape index (κ3) is 4.44. The van der Waals surface area contributed by atoms with Crippen LogP contribution in [0.2, 0.25) is 0 Å². The largest absolute Gasteiger partial charge is 0.496 e. The van der Waals surface area contributed by atoms with Gasteiger partial charge in [-0.1, -0.05) is 18.2 Å². The molecule has 2 aromatic rings. The molecule has 1 aromatic carbocycles. The SMILES string of the molecule is COc1ccccc1CC(=O)N1CCN(c2cc(C)nc(N3CCCC3)n2)CC1. The lowest BCUT2D eigenvalue weighted by Gasteiger charge is -2.36. The van der Waals surface area contributed by atoms with E-state index in [4.69, 9.17) is 9.72 Å². The van der Waals surface area contributed by atoms with Gasteiger partial charge in [-0.05, 0) is 25.8 Å². The number of carbonyl (C=O) groups is 1. The van der Waals surface area contributed by atoms with Crippen molar-refractivity contribution in [3.8, 4) is 5.75 Å². The van der Waals surface area contributed by atoms with Gasteiger partial charge in [0.25, 0.3) is 0 Å². The number of hydrogen-bond acceptors (Lipinski definition) is 6. The number of para-hydroxylation sites is 1. The number of rotatable bonds is 5. The predicted molar refractivity (Wildman–Crippen MR) is 114 cm³/mol. The van der Waals surface area contributed by atoms with Crippen LogP contribution in [0.4, 0.5) is 11.8 Å². The lowest BCUT2D eigenvalue weighted by atomic mass is 10.1. The van der Waals surface area contributed by atoms with Gasteiger partial charge in [-0.25, -0.2) is 4.98 Å². The molecule has 0 unspecified atom stereocenters. The Bertz CT molecular complexity index is 858. The number of aromatic nitrogens is 2. The van der Waals surface area contributed by atoms with Crippen LogP contribution >= 0.6 is 0 Å². The number of benzene rings is 1. The average molecular weight is 396 g/mol. The van der Waals surface area contributed by atoms with Crippen LogP contribution in [0.1, 0.15) is 24.1 Å². The van der Waals surface area contributed by atoms with Gasteiger partial charge >= 0.3 is 0 Å². The lowest BCUT2D eigenvalue weighted by Crippen LogP contribution is -2.49. The first-order valence-corrected chi connectivity index (χ1v) is 10.4. The van der Waals surface area contributed by atoms with Crippen molar-refractivity contribution in [2.45, 2.75) is 26.2 Å². The number of methoxy groups -OCH3 is 1. The molecule has 4 rings (SSSR count). The molecule has 7 heteroatoms. The Morgan fingerprint density at radius 3 is 2.45 bits per heavy atom. The van der Waals surface area contributed by atoms with E-state index in [1.807, 2.05) is 42.2 Å². The molecule has 3 heterocycles. The fraction of sp³-hybridized carbons (Fsp3) is 0.500. The number of piperazine rings is 1. The summed E-state index contributed by atoms with van der Waals surface area (Å²) in [6, 6.07) is 9.77. The highest BCUT2D eigenvalue weighted by Gasteiger charge is 2.24. The zero-order valence-corrected chi connectivity index (χ0v) is 17.3. The van der Waals surface area contributed by atoms with Gasteiger partial charge in [0.15, 0.2) is 0 Å². The van der Waals surface area contributed by atoms with E-state index in [-0.39, 0.29) is 5.91 Å². The summed E-state index contributed by atoms with van der Waals surface area (Å²) in [6.45, 7) is 7.08. The molecule has 0 radical (unpaired) electrons. The molecule has 0 spiro atoms. The summed E-state index contributed by atoms with van der Waals surface area (Å²) >= 11 is 0. The minimum absolute atomic E-state index is 0.144. The summed E-state index contributed by atoms with van der Waals surface area (Å²) in [5.41, 5.74) is 1.93. The Morgan fingerprint density at radius 2 is 1.72 bits per heavy atom. The standard InChI is InChI=1S/C22H29N5O2/c1-17-15-20(24-22(23-17)27-9-5-6-10-27)25-11-13-26(14-12-25)21(28)16-18-7-3-4-8-19(18)29-2/h3-4,7-8,15H,5-6,9-14,16H2,1-2H3. The van der Waals surface area contributed by atoms with Crippen molar-refractivity contribution >= 4 is 17.7 Å². The average Bonchev–Trinajstić information content (AvgIpc) is 3.29. The molecule has 2 saturated heterocycles. The van der Waals surface area contributed by atoms with Gasteiger partial charge in [0, 0.05) is 56.6 Å². The van der Waals surface area contributed by atoms with E-state index in [2.05, 4.69) is 14.8 Å². The molecule has 0 saturated carbocycles. The van der Waals surface area contributed by atoms with Crippen LogP contribution in [0.15, 0.2) is 30.3 Å². The quantitative estimate of drug-likeness (QED) is 0.774. The minimum atomic E-state index is 0.144. The van der Waals surface area contributed by atoms with E-state index in [9.17, 15) is 4.79 Å². The van der Waals surface area contributed by atoms with Crippen molar-refractivity contribution < 1.29 is 9.53 Å². The molecule has 7 nitrogen and oxygen atoms in total. The van der Waals surface area contributed by atoms with Crippen molar-refractivity contribution in [2.75, 3.05) is 56.2 Å². The van der Waals surface area contributed by atoms with Crippen molar-refractivity contribution in [3.05, 3.63) is 41.6 Å². The van der Waals surface area contributed by atoms with Gasteiger partial charge in [-0.2, -0.15) is 4.98 Å². The monoisotopic (exact) mass is 395 g/mol. The third-order valence-electron chi connectivity index (χ3n) is 5.71. The van der Waals surface area contributed by atoms with Crippen molar-refractivity contribution in [3.63, 3.8) is 0 Å². The van der Waals surface area contributed by atoms with Crippen LogP contribution in [0.3, 0.4) is 0 Å². The number of anilines is 2. The smallest absolute Gasteiger partial charge is 0.227 e. The molecular weight excluding hydrogens is 366 g/mol. The first kappa shape index (κ1) is 19.5. The minimum Gasteiger partial charge on any atom is -0.496 e. The van der Waals surface area contributed by atoms with Gasteiger partial charge in [-0.15, -0.1) is 0 Å². The lowest BCUT2D eigenvalue weighted by molar-refractivity contribution is -0.130. The third-order valence-corrected chi connectivity index (χ3v) is 5.71. The Kier molecular flexibility index (Phi) is 5.83. The number of aryl methyl sites for hydroxylation is 1. The maximum Gasteiger partial charge on any atom is 0.227 e. The van der Waals surface area contributed by atoms with Crippen LogP contribution in [0.5, 0.6) is 5.75 Å². The van der Waals surface area contributed by atoms with Crippen LogP contribution in [-0.4, -0.2) is 67.2 Å². The molecule has 29 heavy (non-hydrogen) atoms. The summed E-state index contributed by atoms with van der Waals surface area (Å²) in [7, 11) is 1.64. The Balaban J connectivity index is 1.38. The number of hydrogen-bond donors (Lipinski definition) is 0. The zero-order valence-electron chi connectivity index (χ0n) is 17.3. The molecule has 0 N–H and O–H groups in total. The molecule has 2 fully saturated rings. The first-order chi connectivity index (χ1) is 14.1. The number of ether oxygens (including phenoxy) is 1. The maximum absolute atomic E-state index is 12.8. The highest BCUT2D eigenvalue weighted by molar-refractivity contribution is 5.79. The van der Waals surface area contributed by atoms with E-state index < -0.39 is 0 Å². The van der Waals surface area contributed by atoms with Crippen molar-refractivity contribution in [2.24, 2.45) is 0 Å². The van der Waals surface area contributed by atoms with Crippen molar-refractivity contribution in [1.29, 1.82) is 0 Å². The fourth-order valence-corrected chi connectivity index (χ4v) is 4.07. The summed E-state index contributed by atoms with van der Waals surface area (Å²) in [4.78, 5) is 28.7. The Labute approximate surface area is 172 Å². The number of nitrogens with zero attached hydrogens (tertiary/aromatic N) is 5. The van der Waals surface area contributed by atoms with Gasteiger partial charge in [0.2, 0.25) is 11.9 Å². The summed E-state index contributed by atoms with van der Waals surface area (Å²) in [6.07, 6.45) is 2.79. The highest BCUT2D eigenvalue weighted by atomic mass is 16.5. The van der Waals surface area contributed by atoms with E-state index >= 15 is 0 Å². The van der Waals surface area contributed by atoms with E-state index in [1.54, 1.807) is 7.11 Å². The van der Waals surface area contributed by atoms with Crippen LogP contribution < -0.4 is 14.5 Å². The Morgan fingerprint density at radius 1 is 1.00 bits per heavy atom. The first-order valence-electron chi connectivity index (χ1n) is 10.4. The fourth-order valence-electron chi connectivity index (χ4n) is 4.07. The number of carbonyl (C=O) groups excluding carboxylic acids is 1. The van der Waals surface area contributed by atoms with Gasteiger partial charge in [0.05, 0.1) is 13.5 Å². The van der Waals surface area contributed by atoms with E-state index in [0.717, 1.165) is 55.0 Å². The highest BCUT2D eigenvalue weighted by Crippen LogP contribution is 2.23. The Hall–Kier alpha value is -2.83. The maximum atomic E-state index is 12.8. The topological polar surface area (TPSA) is 61.8 Å². The van der Waals surface area contributed by atoms with Crippen LogP contribution in [0.25, 0.3) is 0 Å².